The Labute approximate surface area is 98.5 Å². The Balaban J connectivity index is 2.34. The molecule has 0 aliphatic heterocycles. The molecule has 0 bridgehead atoms. The van der Waals surface area contributed by atoms with Crippen LogP contribution in [0.25, 0.3) is 0 Å². The minimum Gasteiger partial charge on any atom is -0.395 e. The maximum atomic E-state index is 11.6. The molecule has 1 atom stereocenters. The van der Waals surface area contributed by atoms with Gasteiger partial charge in [0.05, 0.1) is 11.9 Å². The Bertz CT molecular complexity index is 294. The van der Waals surface area contributed by atoms with Gasteiger partial charge in [0.1, 0.15) is 0 Å². The topological polar surface area (TPSA) is 66.4 Å². The lowest BCUT2D eigenvalue weighted by Gasteiger charge is -2.26. The summed E-state index contributed by atoms with van der Waals surface area (Å²) in [5.41, 5.74) is 0. The van der Waals surface area contributed by atoms with Gasteiger partial charge in [-0.1, -0.05) is 19.8 Å². The van der Waals surface area contributed by atoms with E-state index in [0.29, 0.717) is 12.5 Å². The summed E-state index contributed by atoms with van der Waals surface area (Å²) in [4.78, 5) is 0. The van der Waals surface area contributed by atoms with Crippen LogP contribution in [0.15, 0.2) is 0 Å². The fourth-order valence-corrected chi connectivity index (χ4v) is 2.96. The van der Waals surface area contributed by atoms with E-state index in [1.807, 2.05) is 0 Å². The summed E-state index contributed by atoms with van der Waals surface area (Å²) in [6.45, 7) is 3.97. The van der Waals surface area contributed by atoms with Gasteiger partial charge in [0.25, 0.3) is 0 Å². The molecule has 4 nitrogen and oxygen atoms in total. The van der Waals surface area contributed by atoms with Gasteiger partial charge in [-0.3, -0.25) is 0 Å². The van der Waals surface area contributed by atoms with Crippen molar-refractivity contribution >= 4 is 10.0 Å². The van der Waals surface area contributed by atoms with E-state index >= 15 is 0 Å². The Hall–Kier alpha value is -0.130. The van der Waals surface area contributed by atoms with Crippen LogP contribution in [-0.4, -0.2) is 31.9 Å². The Morgan fingerprint density at radius 3 is 2.38 bits per heavy atom. The first-order valence-electron chi connectivity index (χ1n) is 6.05. The highest BCUT2D eigenvalue weighted by Gasteiger charge is 2.23. The lowest BCUT2D eigenvalue weighted by molar-refractivity contribution is 0.285. The first-order chi connectivity index (χ1) is 7.45. The van der Waals surface area contributed by atoms with E-state index in [0.717, 1.165) is 18.8 Å². The van der Waals surface area contributed by atoms with E-state index in [-0.39, 0.29) is 6.61 Å². The molecule has 1 fully saturated rings. The number of nitrogens with one attached hydrogen (secondary N) is 1. The molecule has 16 heavy (non-hydrogen) atoms. The van der Waals surface area contributed by atoms with Gasteiger partial charge in [0.15, 0.2) is 0 Å². The largest absolute Gasteiger partial charge is 0.395 e. The van der Waals surface area contributed by atoms with Crippen molar-refractivity contribution in [1.82, 2.24) is 4.72 Å². The second-order valence-electron chi connectivity index (χ2n) is 5.01. The maximum Gasteiger partial charge on any atom is 0.216 e. The number of sulfonamides is 1. The molecule has 1 aliphatic rings. The predicted molar refractivity (Wildman–Crippen MR) is 64.6 cm³/mol. The third kappa shape index (κ3) is 4.03. The second kappa shape index (κ2) is 5.98. The van der Waals surface area contributed by atoms with Crippen molar-refractivity contribution in [2.45, 2.75) is 44.8 Å². The van der Waals surface area contributed by atoms with Crippen molar-refractivity contribution in [1.29, 1.82) is 0 Å². The highest BCUT2D eigenvalue weighted by atomic mass is 32.2. The molecule has 0 heterocycles. The smallest absolute Gasteiger partial charge is 0.216 e. The van der Waals surface area contributed by atoms with Crippen molar-refractivity contribution in [3.63, 3.8) is 0 Å². The van der Waals surface area contributed by atoms with E-state index in [1.165, 1.54) is 19.8 Å². The second-order valence-corrected chi connectivity index (χ2v) is 7.20. The summed E-state index contributed by atoms with van der Waals surface area (Å²) < 4.78 is 25.8. The highest BCUT2D eigenvalue weighted by molar-refractivity contribution is 7.90. The van der Waals surface area contributed by atoms with Gasteiger partial charge >= 0.3 is 0 Å². The monoisotopic (exact) mass is 249 g/mol. The number of aliphatic hydroxyl groups is 1. The molecule has 1 saturated carbocycles. The molecular weight excluding hydrogens is 226 g/mol. The first-order valence-corrected chi connectivity index (χ1v) is 7.59. The highest BCUT2D eigenvalue weighted by Crippen LogP contribution is 2.27. The van der Waals surface area contributed by atoms with E-state index in [4.69, 9.17) is 5.11 Å². The van der Waals surface area contributed by atoms with Gasteiger partial charge in [0, 0.05) is 6.54 Å². The van der Waals surface area contributed by atoms with Gasteiger partial charge < -0.3 is 5.11 Å². The fourth-order valence-electron chi connectivity index (χ4n) is 2.01. The molecule has 0 radical (unpaired) electrons. The normalized spacial score (nSPS) is 28.9. The van der Waals surface area contributed by atoms with Crippen LogP contribution in [0.3, 0.4) is 0 Å². The number of rotatable bonds is 5. The van der Waals surface area contributed by atoms with Gasteiger partial charge in [-0.05, 0) is 31.6 Å². The average molecular weight is 249 g/mol. The summed E-state index contributed by atoms with van der Waals surface area (Å²) in [6, 6.07) is 0. The molecule has 0 aromatic carbocycles. The summed E-state index contributed by atoms with van der Waals surface area (Å²) in [7, 11) is -3.32. The molecule has 96 valence electrons. The SMILES string of the molecule is CC1CCC(CNS(=O)(=O)C(C)CO)CC1. The van der Waals surface area contributed by atoms with E-state index in [1.54, 1.807) is 0 Å². The molecule has 0 spiro atoms. The Morgan fingerprint density at radius 1 is 1.31 bits per heavy atom. The molecule has 5 heteroatoms. The van der Waals surface area contributed by atoms with E-state index in [9.17, 15) is 8.42 Å². The van der Waals surface area contributed by atoms with Crippen LogP contribution in [0.1, 0.15) is 39.5 Å². The van der Waals surface area contributed by atoms with Crippen molar-refractivity contribution in [3.8, 4) is 0 Å². The van der Waals surface area contributed by atoms with Crippen molar-refractivity contribution in [2.75, 3.05) is 13.2 Å². The molecule has 1 rings (SSSR count). The van der Waals surface area contributed by atoms with Crippen LogP contribution in [0.4, 0.5) is 0 Å². The van der Waals surface area contributed by atoms with Crippen LogP contribution in [0, 0.1) is 11.8 Å². The van der Waals surface area contributed by atoms with Crippen molar-refractivity contribution in [3.05, 3.63) is 0 Å². The van der Waals surface area contributed by atoms with Gasteiger partial charge in [-0.25, -0.2) is 13.1 Å². The van der Waals surface area contributed by atoms with E-state index < -0.39 is 15.3 Å². The molecule has 0 aromatic rings. The van der Waals surface area contributed by atoms with E-state index in [2.05, 4.69) is 11.6 Å². The van der Waals surface area contributed by atoms with Crippen LogP contribution in [-0.2, 0) is 10.0 Å². The zero-order valence-electron chi connectivity index (χ0n) is 10.1. The minimum absolute atomic E-state index is 0.322. The van der Waals surface area contributed by atoms with Crippen LogP contribution in [0.2, 0.25) is 0 Å². The van der Waals surface area contributed by atoms with Gasteiger partial charge in [-0.2, -0.15) is 0 Å². The standard InChI is InChI=1S/C11H23NO3S/c1-9-3-5-11(6-4-9)7-12-16(14,15)10(2)8-13/h9-13H,3-8H2,1-2H3. The Morgan fingerprint density at radius 2 is 1.88 bits per heavy atom. The Kier molecular flexibility index (Phi) is 5.21. The fraction of sp³-hybridized carbons (Fsp3) is 1.00. The minimum atomic E-state index is -3.32. The lowest BCUT2D eigenvalue weighted by atomic mass is 9.83. The molecule has 1 unspecified atom stereocenters. The number of hydrogen-bond acceptors (Lipinski definition) is 3. The average Bonchev–Trinajstić information content (AvgIpc) is 2.27. The summed E-state index contributed by atoms with van der Waals surface area (Å²) >= 11 is 0. The van der Waals surface area contributed by atoms with Gasteiger partial charge in [0.2, 0.25) is 10.0 Å². The van der Waals surface area contributed by atoms with Gasteiger partial charge in [-0.15, -0.1) is 0 Å². The molecule has 2 N–H and O–H groups in total. The molecule has 0 amide bonds. The third-order valence-corrected chi connectivity index (χ3v) is 5.27. The number of hydrogen-bond donors (Lipinski definition) is 2. The molecule has 0 saturated heterocycles. The molecule has 1 aliphatic carbocycles. The molecule has 0 aromatic heterocycles. The number of aliphatic hydroxyl groups excluding tert-OH is 1. The quantitative estimate of drug-likeness (QED) is 0.767. The van der Waals surface area contributed by atoms with Crippen LogP contribution in [0.5, 0.6) is 0 Å². The summed E-state index contributed by atoms with van der Waals surface area (Å²) in [5, 5.41) is 8.11. The van der Waals surface area contributed by atoms with Crippen LogP contribution < -0.4 is 4.72 Å². The summed E-state index contributed by atoms with van der Waals surface area (Å²) in [6.07, 6.45) is 4.61. The van der Waals surface area contributed by atoms with Crippen LogP contribution >= 0.6 is 0 Å². The lowest BCUT2D eigenvalue weighted by Crippen LogP contribution is -2.38. The predicted octanol–water partition coefficient (Wildman–Crippen LogP) is 1.11. The maximum absolute atomic E-state index is 11.6. The molecular formula is C11H23NO3S. The first kappa shape index (κ1) is 13.9. The van der Waals surface area contributed by atoms with Crippen molar-refractivity contribution < 1.29 is 13.5 Å². The zero-order valence-corrected chi connectivity index (χ0v) is 11.0. The zero-order chi connectivity index (χ0) is 12.2. The third-order valence-electron chi connectivity index (χ3n) is 3.50. The van der Waals surface area contributed by atoms with Crippen molar-refractivity contribution in [2.24, 2.45) is 11.8 Å². The summed E-state index contributed by atoms with van der Waals surface area (Å²) in [5.74, 6) is 1.25.